The molecule has 0 fully saturated rings. The van der Waals surface area contributed by atoms with E-state index in [1.807, 2.05) is 86.6 Å². The number of nitrogens with zero attached hydrogens (tertiary/aromatic N) is 3. The molecule has 0 saturated heterocycles. The minimum atomic E-state index is -0.371. The summed E-state index contributed by atoms with van der Waals surface area (Å²) in [4.78, 5) is 33.4. The number of rotatable bonds is 5. The zero-order chi connectivity index (χ0) is 22.0. The Labute approximate surface area is 181 Å². The lowest BCUT2D eigenvalue weighted by atomic mass is 10.1. The van der Waals surface area contributed by atoms with Crippen molar-refractivity contribution in [1.29, 1.82) is 0 Å². The van der Waals surface area contributed by atoms with Crippen molar-refractivity contribution in [3.05, 3.63) is 106 Å². The molecular formula is C26H25N3O2. The number of para-hydroxylation sites is 2. The van der Waals surface area contributed by atoms with Crippen molar-refractivity contribution < 1.29 is 4.79 Å². The first-order chi connectivity index (χ1) is 15.0. The maximum atomic E-state index is 13.5. The molecule has 31 heavy (non-hydrogen) atoms. The van der Waals surface area contributed by atoms with Gasteiger partial charge in [-0.15, -0.1) is 0 Å². The molecule has 1 heterocycles. The fourth-order valence-corrected chi connectivity index (χ4v) is 3.97. The number of aromatic nitrogens is 2. The van der Waals surface area contributed by atoms with E-state index < -0.39 is 0 Å². The lowest BCUT2D eigenvalue weighted by Crippen LogP contribution is -2.36. The van der Waals surface area contributed by atoms with E-state index >= 15 is 0 Å². The lowest BCUT2D eigenvalue weighted by Gasteiger charge is -2.29. The molecule has 0 spiro atoms. The van der Waals surface area contributed by atoms with Crippen LogP contribution < -0.4 is 5.56 Å². The van der Waals surface area contributed by atoms with E-state index in [0.717, 1.165) is 11.3 Å². The van der Waals surface area contributed by atoms with Crippen LogP contribution in [0, 0.1) is 6.92 Å². The van der Waals surface area contributed by atoms with Crippen LogP contribution in [0.5, 0.6) is 0 Å². The Balaban J connectivity index is 1.91. The van der Waals surface area contributed by atoms with Crippen molar-refractivity contribution in [3.63, 3.8) is 0 Å². The van der Waals surface area contributed by atoms with Crippen LogP contribution in [0.4, 0.5) is 0 Å². The molecule has 0 N–H and O–H groups in total. The summed E-state index contributed by atoms with van der Waals surface area (Å²) in [5.41, 5.74) is 2.79. The van der Waals surface area contributed by atoms with Crippen LogP contribution in [0.2, 0.25) is 0 Å². The lowest BCUT2D eigenvalue weighted by molar-refractivity contribution is 0.0716. The van der Waals surface area contributed by atoms with Crippen LogP contribution in [0.1, 0.15) is 41.1 Å². The molecule has 1 atom stereocenters. The highest BCUT2D eigenvalue weighted by Crippen LogP contribution is 2.26. The summed E-state index contributed by atoms with van der Waals surface area (Å²) in [5, 5.41) is 0.554. The highest BCUT2D eigenvalue weighted by atomic mass is 16.2. The minimum Gasteiger partial charge on any atom is -0.332 e. The van der Waals surface area contributed by atoms with Gasteiger partial charge in [-0.3, -0.25) is 14.2 Å². The molecule has 0 aliphatic rings. The van der Waals surface area contributed by atoms with E-state index in [-0.39, 0.29) is 17.5 Å². The minimum absolute atomic E-state index is 0.0908. The van der Waals surface area contributed by atoms with E-state index in [4.69, 9.17) is 4.98 Å². The fraction of sp³-hybridized carbons (Fsp3) is 0.192. The topological polar surface area (TPSA) is 55.2 Å². The van der Waals surface area contributed by atoms with Crippen LogP contribution in [0.25, 0.3) is 16.6 Å². The Morgan fingerprint density at radius 1 is 0.968 bits per heavy atom. The maximum Gasteiger partial charge on any atom is 0.266 e. The number of amides is 1. The first kappa shape index (κ1) is 20.5. The van der Waals surface area contributed by atoms with Gasteiger partial charge in [0.1, 0.15) is 5.82 Å². The van der Waals surface area contributed by atoms with Gasteiger partial charge < -0.3 is 4.90 Å². The molecule has 3 aromatic carbocycles. The van der Waals surface area contributed by atoms with Crippen LogP contribution in [0.3, 0.4) is 0 Å². The van der Waals surface area contributed by atoms with Crippen molar-refractivity contribution in [3.8, 4) is 5.69 Å². The molecule has 0 aliphatic heterocycles. The summed E-state index contributed by atoms with van der Waals surface area (Å²) >= 11 is 0. The van der Waals surface area contributed by atoms with Crippen molar-refractivity contribution in [2.24, 2.45) is 0 Å². The highest BCUT2D eigenvalue weighted by Gasteiger charge is 2.27. The molecule has 0 aliphatic carbocycles. The van der Waals surface area contributed by atoms with E-state index in [2.05, 4.69) is 0 Å². The largest absolute Gasteiger partial charge is 0.332 e. The van der Waals surface area contributed by atoms with E-state index in [1.165, 1.54) is 0 Å². The number of hydrogen-bond donors (Lipinski definition) is 0. The number of fused-ring (bicyclic) bond motifs is 1. The summed E-state index contributed by atoms with van der Waals surface area (Å²) in [7, 11) is 1.78. The Bertz CT molecular complexity index is 1300. The summed E-state index contributed by atoms with van der Waals surface area (Å²) in [6, 6.07) is 24.0. The van der Waals surface area contributed by atoms with Gasteiger partial charge >= 0.3 is 0 Å². The third-order valence-electron chi connectivity index (χ3n) is 5.66. The van der Waals surface area contributed by atoms with Crippen molar-refractivity contribution in [2.75, 3.05) is 7.05 Å². The van der Waals surface area contributed by atoms with Crippen LogP contribution in [0.15, 0.2) is 83.7 Å². The average molecular weight is 412 g/mol. The van der Waals surface area contributed by atoms with E-state index in [0.29, 0.717) is 28.7 Å². The Hall–Kier alpha value is -3.73. The van der Waals surface area contributed by atoms with Gasteiger partial charge in [-0.2, -0.15) is 0 Å². The van der Waals surface area contributed by atoms with Crippen molar-refractivity contribution in [2.45, 2.75) is 26.3 Å². The fourth-order valence-electron chi connectivity index (χ4n) is 3.97. The van der Waals surface area contributed by atoms with Crippen LogP contribution in [-0.4, -0.2) is 27.4 Å². The average Bonchev–Trinajstić information content (AvgIpc) is 2.80. The molecule has 4 rings (SSSR count). The zero-order valence-electron chi connectivity index (χ0n) is 17.9. The van der Waals surface area contributed by atoms with Gasteiger partial charge in [-0.1, -0.05) is 55.5 Å². The van der Waals surface area contributed by atoms with Crippen molar-refractivity contribution in [1.82, 2.24) is 14.5 Å². The summed E-state index contributed by atoms with van der Waals surface area (Å²) < 4.78 is 1.64. The van der Waals surface area contributed by atoms with E-state index in [9.17, 15) is 9.59 Å². The Morgan fingerprint density at radius 2 is 1.61 bits per heavy atom. The third kappa shape index (κ3) is 3.75. The maximum absolute atomic E-state index is 13.5. The number of hydrogen-bond acceptors (Lipinski definition) is 3. The van der Waals surface area contributed by atoms with Crippen LogP contribution in [-0.2, 0) is 0 Å². The van der Waals surface area contributed by atoms with Gasteiger partial charge in [0.05, 0.1) is 22.6 Å². The second kappa shape index (κ2) is 8.56. The first-order valence-corrected chi connectivity index (χ1v) is 10.4. The van der Waals surface area contributed by atoms with E-state index in [1.54, 1.807) is 22.6 Å². The molecule has 0 radical (unpaired) electrons. The summed E-state index contributed by atoms with van der Waals surface area (Å²) in [5.74, 6) is 0.466. The molecular weight excluding hydrogens is 386 g/mol. The summed E-state index contributed by atoms with van der Waals surface area (Å²) in [6.07, 6.45) is 0.617. The predicted octanol–water partition coefficient (Wildman–Crippen LogP) is 4.92. The molecule has 4 aromatic rings. The molecule has 5 heteroatoms. The third-order valence-corrected chi connectivity index (χ3v) is 5.66. The quantitative estimate of drug-likeness (QED) is 0.468. The highest BCUT2D eigenvalue weighted by molar-refractivity contribution is 5.95. The first-order valence-electron chi connectivity index (χ1n) is 10.4. The van der Waals surface area contributed by atoms with Gasteiger partial charge in [0.2, 0.25) is 0 Å². The molecule has 0 saturated carbocycles. The number of aryl methyl sites for hydroxylation is 1. The normalized spacial score (nSPS) is 12.0. The predicted molar refractivity (Wildman–Crippen MR) is 124 cm³/mol. The zero-order valence-corrected chi connectivity index (χ0v) is 17.9. The number of carbonyl (C=O) groups is 1. The molecule has 0 bridgehead atoms. The summed E-state index contributed by atoms with van der Waals surface area (Å²) in [6.45, 7) is 3.93. The molecule has 156 valence electrons. The van der Waals surface area contributed by atoms with Gasteiger partial charge in [0.25, 0.3) is 11.5 Å². The molecule has 1 unspecified atom stereocenters. The Morgan fingerprint density at radius 3 is 2.32 bits per heavy atom. The van der Waals surface area contributed by atoms with Crippen molar-refractivity contribution >= 4 is 16.8 Å². The SMILES string of the molecule is CCC(c1nc2ccccc2c(=O)n1-c1ccccc1)N(C)C(=O)c1ccccc1C. The molecule has 5 nitrogen and oxygen atoms in total. The standard InChI is InChI=1S/C26H25N3O2/c1-4-23(28(3)25(30)20-15-9-8-12-18(20)2)24-27-22-17-11-10-16-21(22)26(31)29(24)19-13-6-5-7-14-19/h5-17,23H,4H2,1-3H3. The molecule has 1 amide bonds. The van der Waals surface area contributed by atoms with Gasteiger partial charge in [-0.25, -0.2) is 4.98 Å². The van der Waals surface area contributed by atoms with Gasteiger partial charge in [-0.05, 0) is 49.2 Å². The van der Waals surface area contributed by atoms with Gasteiger partial charge in [0, 0.05) is 12.6 Å². The Kier molecular flexibility index (Phi) is 5.67. The number of carbonyl (C=O) groups excluding carboxylic acids is 1. The number of benzene rings is 3. The smallest absolute Gasteiger partial charge is 0.266 e. The second-order valence-corrected chi connectivity index (χ2v) is 7.62. The van der Waals surface area contributed by atoms with Crippen LogP contribution >= 0.6 is 0 Å². The molecule has 1 aromatic heterocycles. The monoisotopic (exact) mass is 411 g/mol. The second-order valence-electron chi connectivity index (χ2n) is 7.62. The van der Waals surface area contributed by atoms with Gasteiger partial charge in [0.15, 0.2) is 0 Å².